The maximum absolute atomic E-state index is 11.1. The van der Waals surface area contributed by atoms with E-state index in [1.54, 1.807) is 13.1 Å². The third-order valence-corrected chi connectivity index (χ3v) is 1.37. The van der Waals surface area contributed by atoms with Crippen LogP contribution in [0.1, 0.15) is 13.3 Å². The van der Waals surface area contributed by atoms with Crippen molar-refractivity contribution in [3.63, 3.8) is 0 Å². The predicted molar refractivity (Wildman–Crippen MR) is 47.8 cm³/mol. The minimum absolute atomic E-state index is 0.275. The molecule has 1 heterocycles. The molecule has 0 unspecified atom stereocenters. The Bertz CT molecular complexity index is 308. The predicted octanol–water partition coefficient (Wildman–Crippen LogP) is -0.0936. The number of aromatic nitrogens is 2. The Hall–Kier alpha value is -1.85. The van der Waals surface area contributed by atoms with Gasteiger partial charge in [0.25, 0.3) is 0 Å². The van der Waals surface area contributed by atoms with E-state index in [2.05, 4.69) is 15.1 Å². The summed E-state index contributed by atoms with van der Waals surface area (Å²) in [5.74, 6) is -0.966. The average molecular weight is 197 g/mol. The number of rotatable bonds is 4. The number of imidazole rings is 1. The van der Waals surface area contributed by atoms with Crippen LogP contribution in [0.25, 0.3) is 0 Å². The number of nitrogens with one attached hydrogen (secondary N) is 1. The lowest BCUT2D eigenvalue weighted by atomic mass is 10.4. The van der Waals surface area contributed by atoms with E-state index in [0.29, 0.717) is 0 Å². The molecule has 1 aromatic heterocycles. The van der Waals surface area contributed by atoms with Crippen LogP contribution in [-0.2, 0) is 14.3 Å². The van der Waals surface area contributed by atoms with E-state index in [1.807, 2.05) is 0 Å². The van der Waals surface area contributed by atoms with Crippen molar-refractivity contribution in [1.29, 1.82) is 0 Å². The third-order valence-electron chi connectivity index (χ3n) is 1.37. The van der Waals surface area contributed by atoms with E-state index >= 15 is 0 Å². The van der Waals surface area contributed by atoms with Gasteiger partial charge in [0.05, 0.1) is 6.61 Å². The van der Waals surface area contributed by atoms with Crippen LogP contribution < -0.4 is 5.43 Å². The van der Waals surface area contributed by atoms with Crippen LogP contribution in [0.5, 0.6) is 0 Å². The Morgan fingerprint density at radius 3 is 2.93 bits per heavy atom. The van der Waals surface area contributed by atoms with Gasteiger partial charge in [-0.2, -0.15) is 0 Å². The van der Waals surface area contributed by atoms with Crippen molar-refractivity contribution in [2.45, 2.75) is 13.3 Å². The van der Waals surface area contributed by atoms with Crippen LogP contribution >= 0.6 is 0 Å². The summed E-state index contributed by atoms with van der Waals surface area (Å²) in [5.41, 5.74) is 2.43. The smallest absolute Gasteiger partial charge is 0.315 e. The van der Waals surface area contributed by atoms with Crippen molar-refractivity contribution in [3.8, 4) is 0 Å². The van der Waals surface area contributed by atoms with E-state index < -0.39 is 11.9 Å². The molecule has 0 radical (unpaired) electrons. The zero-order valence-corrected chi connectivity index (χ0v) is 7.77. The van der Waals surface area contributed by atoms with E-state index in [9.17, 15) is 9.59 Å². The molecule has 0 saturated heterocycles. The fourth-order valence-corrected chi connectivity index (χ4v) is 0.852. The van der Waals surface area contributed by atoms with Crippen LogP contribution in [0, 0.1) is 0 Å². The first-order chi connectivity index (χ1) is 6.72. The van der Waals surface area contributed by atoms with Crippen LogP contribution in [0.4, 0.5) is 0 Å². The molecule has 0 atom stereocenters. The molecule has 76 valence electrons. The molecule has 0 bridgehead atoms. The van der Waals surface area contributed by atoms with Gasteiger partial charge in [0.2, 0.25) is 5.91 Å². The molecule has 1 amide bonds. The molecular formula is C8H11N3O3. The van der Waals surface area contributed by atoms with Gasteiger partial charge in [0, 0.05) is 12.4 Å². The van der Waals surface area contributed by atoms with Crippen molar-refractivity contribution < 1.29 is 14.3 Å². The molecule has 0 spiro atoms. The van der Waals surface area contributed by atoms with Gasteiger partial charge < -0.3 is 4.74 Å². The van der Waals surface area contributed by atoms with Crippen LogP contribution in [0.3, 0.4) is 0 Å². The molecular weight excluding hydrogens is 186 g/mol. The normalized spacial score (nSPS) is 9.50. The summed E-state index contributed by atoms with van der Waals surface area (Å²) < 4.78 is 5.97. The molecule has 0 aliphatic carbocycles. The lowest BCUT2D eigenvalue weighted by Gasteiger charge is -2.04. The fraction of sp³-hybridized carbons (Fsp3) is 0.375. The number of carbonyl (C=O) groups excluding carboxylic acids is 2. The molecule has 1 aromatic rings. The van der Waals surface area contributed by atoms with Crippen molar-refractivity contribution >= 4 is 11.9 Å². The molecule has 6 nitrogen and oxygen atoms in total. The maximum atomic E-state index is 11.1. The van der Waals surface area contributed by atoms with Crippen LogP contribution in [0.2, 0.25) is 0 Å². The van der Waals surface area contributed by atoms with Crippen molar-refractivity contribution in [2.24, 2.45) is 0 Å². The van der Waals surface area contributed by atoms with Crippen LogP contribution in [-0.4, -0.2) is 28.1 Å². The number of nitrogens with zero attached hydrogens (tertiary/aromatic N) is 2. The van der Waals surface area contributed by atoms with Gasteiger partial charge in [-0.05, 0) is 6.92 Å². The van der Waals surface area contributed by atoms with Crippen molar-refractivity contribution in [2.75, 3.05) is 12.0 Å². The zero-order chi connectivity index (χ0) is 10.4. The second-order valence-electron chi connectivity index (χ2n) is 2.49. The zero-order valence-electron chi connectivity index (χ0n) is 7.77. The number of amides is 1. The SMILES string of the molecule is CCOC(=O)CC(=O)Nn1ccnc1. The lowest BCUT2D eigenvalue weighted by Crippen LogP contribution is -2.24. The van der Waals surface area contributed by atoms with Gasteiger partial charge in [0.15, 0.2) is 0 Å². The summed E-state index contributed by atoms with van der Waals surface area (Å²) in [4.78, 5) is 25.7. The molecule has 6 heteroatoms. The minimum atomic E-state index is -0.537. The topological polar surface area (TPSA) is 73.2 Å². The summed E-state index contributed by atoms with van der Waals surface area (Å²) in [7, 11) is 0. The summed E-state index contributed by atoms with van der Waals surface area (Å²) in [6, 6.07) is 0. The van der Waals surface area contributed by atoms with Gasteiger partial charge in [-0.15, -0.1) is 0 Å². The average Bonchev–Trinajstić information content (AvgIpc) is 2.56. The second-order valence-corrected chi connectivity index (χ2v) is 2.49. The van der Waals surface area contributed by atoms with Gasteiger partial charge in [-0.3, -0.25) is 15.0 Å². The standard InChI is InChI=1S/C8H11N3O3/c1-2-14-8(13)5-7(12)10-11-4-3-9-6-11/h3-4,6H,2,5H2,1H3,(H,10,12). The number of carbonyl (C=O) groups is 2. The first-order valence-corrected chi connectivity index (χ1v) is 4.15. The van der Waals surface area contributed by atoms with Crippen LogP contribution in [0.15, 0.2) is 18.7 Å². The minimum Gasteiger partial charge on any atom is -0.466 e. The van der Waals surface area contributed by atoms with Gasteiger partial charge >= 0.3 is 5.97 Å². The largest absolute Gasteiger partial charge is 0.466 e. The number of hydrogen-bond donors (Lipinski definition) is 1. The number of hydrogen-bond acceptors (Lipinski definition) is 4. The Balaban J connectivity index is 2.33. The van der Waals surface area contributed by atoms with E-state index in [-0.39, 0.29) is 13.0 Å². The highest BCUT2D eigenvalue weighted by Crippen LogP contribution is 1.88. The Morgan fingerprint density at radius 2 is 2.36 bits per heavy atom. The maximum Gasteiger partial charge on any atom is 0.315 e. The Labute approximate surface area is 80.9 Å². The Morgan fingerprint density at radius 1 is 1.57 bits per heavy atom. The number of ether oxygens (including phenoxy) is 1. The van der Waals surface area contributed by atoms with E-state index in [1.165, 1.54) is 17.2 Å². The highest BCUT2D eigenvalue weighted by atomic mass is 16.5. The van der Waals surface area contributed by atoms with Gasteiger partial charge in [0.1, 0.15) is 12.7 Å². The number of esters is 1. The van der Waals surface area contributed by atoms with E-state index in [4.69, 9.17) is 0 Å². The van der Waals surface area contributed by atoms with Crippen molar-refractivity contribution in [1.82, 2.24) is 9.66 Å². The molecule has 0 aliphatic heterocycles. The summed E-state index contributed by atoms with van der Waals surface area (Å²) in [5, 5.41) is 0. The first kappa shape index (κ1) is 10.2. The second kappa shape index (κ2) is 5.00. The summed E-state index contributed by atoms with van der Waals surface area (Å²) in [6.45, 7) is 1.96. The fourth-order valence-electron chi connectivity index (χ4n) is 0.852. The molecule has 0 fully saturated rings. The lowest BCUT2D eigenvalue weighted by molar-refractivity contribution is -0.145. The Kier molecular flexibility index (Phi) is 3.66. The first-order valence-electron chi connectivity index (χ1n) is 4.15. The highest BCUT2D eigenvalue weighted by Gasteiger charge is 2.09. The summed E-state index contributed by atoms with van der Waals surface area (Å²) >= 11 is 0. The molecule has 1 N–H and O–H groups in total. The highest BCUT2D eigenvalue weighted by molar-refractivity contribution is 5.98. The summed E-state index contributed by atoms with van der Waals surface area (Å²) in [6.07, 6.45) is 4.21. The molecule has 0 aromatic carbocycles. The quantitative estimate of drug-likeness (QED) is 0.540. The molecule has 0 aliphatic rings. The van der Waals surface area contributed by atoms with Gasteiger partial charge in [-0.25, -0.2) is 9.66 Å². The monoisotopic (exact) mass is 197 g/mol. The molecule has 1 rings (SSSR count). The third kappa shape index (κ3) is 3.26. The van der Waals surface area contributed by atoms with E-state index in [0.717, 1.165) is 0 Å². The molecule has 0 saturated carbocycles. The molecule has 14 heavy (non-hydrogen) atoms. The van der Waals surface area contributed by atoms with Crippen molar-refractivity contribution in [3.05, 3.63) is 18.7 Å². The van der Waals surface area contributed by atoms with Gasteiger partial charge in [-0.1, -0.05) is 0 Å².